The number of nitrogens with zero attached hydrogens (tertiary/aromatic N) is 2. The van der Waals surface area contributed by atoms with E-state index in [0.717, 1.165) is 12.1 Å². The van der Waals surface area contributed by atoms with Gasteiger partial charge in [-0.15, -0.1) is 13.2 Å². The molecular formula is C15H17F3N6O2. The van der Waals surface area contributed by atoms with Crippen LogP contribution in [-0.2, 0) is 0 Å². The second kappa shape index (κ2) is 7.87. The van der Waals surface area contributed by atoms with Crippen molar-refractivity contribution in [2.45, 2.75) is 26.4 Å². The second-order valence-electron chi connectivity index (χ2n) is 5.30. The normalized spacial score (nSPS) is 12.2. The molecule has 0 saturated carbocycles. The van der Waals surface area contributed by atoms with E-state index in [1.165, 1.54) is 12.1 Å². The third-order valence-corrected chi connectivity index (χ3v) is 2.80. The van der Waals surface area contributed by atoms with Crippen molar-refractivity contribution < 1.29 is 22.7 Å². The maximum absolute atomic E-state index is 12.1. The molecule has 2 amide bonds. The number of carbonyl (C=O) groups excluding carboxylic acids is 1. The van der Waals surface area contributed by atoms with Crippen molar-refractivity contribution in [2.75, 3.05) is 16.0 Å². The minimum Gasteiger partial charge on any atom is -0.406 e. The zero-order chi connectivity index (χ0) is 19.3. The van der Waals surface area contributed by atoms with Crippen LogP contribution in [0.25, 0.3) is 0 Å². The number of amides is 2. The van der Waals surface area contributed by atoms with Crippen LogP contribution in [0.4, 0.5) is 35.4 Å². The molecular weight excluding hydrogens is 353 g/mol. The van der Waals surface area contributed by atoms with Gasteiger partial charge in [0.2, 0.25) is 5.95 Å². The monoisotopic (exact) mass is 370 g/mol. The zero-order valence-corrected chi connectivity index (χ0v) is 13.9. The molecule has 0 bridgehead atoms. The Morgan fingerprint density at radius 1 is 1.19 bits per heavy atom. The Balaban J connectivity index is 1.99. The third-order valence-electron chi connectivity index (χ3n) is 2.80. The average Bonchev–Trinajstić information content (AvgIpc) is 2.46. The Labute approximate surface area is 147 Å². The molecule has 140 valence electrons. The van der Waals surface area contributed by atoms with E-state index in [9.17, 15) is 18.0 Å². The number of aryl methyl sites for hydroxylation is 1. The van der Waals surface area contributed by atoms with Gasteiger partial charge in [-0.3, -0.25) is 5.32 Å². The van der Waals surface area contributed by atoms with Gasteiger partial charge < -0.3 is 21.1 Å². The Bertz CT molecular complexity index is 765. The molecule has 0 aliphatic rings. The summed E-state index contributed by atoms with van der Waals surface area (Å²) >= 11 is 0. The molecule has 1 aromatic heterocycles. The van der Waals surface area contributed by atoms with Crippen LogP contribution in [0.5, 0.6) is 5.75 Å². The van der Waals surface area contributed by atoms with Crippen LogP contribution in [0.2, 0.25) is 0 Å². The van der Waals surface area contributed by atoms with E-state index in [-0.39, 0.29) is 17.8 Å². The predicted molar refractivity (Wildman–Crippen MR) is 89.8 cm³/mol. The first-order chi connectivity index (χ1) is 12.1. The highest BCUT2D eigenvalue weighted by molar-refractivity contribution is 5.98. The molecule has 2 aromatic rings. The standard InChI is InChI=1S/C15H17F3N6O2/c1-8-7-12(21-9(2)19)23-13(20-8)24-14(25)22-10-3-5-11(6-4-10)26-15(16,17)18/h3-7,9H,19H2,1-2H3,(H3,20,21,22,23,24,25). The van der Waals surface area contributed by atoms with Crippen LogP contribution in [0, 0.1) is 6.92 Å². The van der Waals surface area contributed by atoms with Gasteiger partial charge >= 0.3 is 12.4 Å². The largest absolute Gasteiger partial charge is 0.573 e. The van der Waals surface area contributed by atoms with Crippen molar-refractivity contribution in [1.29, 1.82) is 0 Å². The van der Waals surface area contributed by atoms with Gasteiger partial charge in [-0.1, -0.05) is 0 Å². The zero-order valence-electron chi connectivity index (χ0n) is 13.9. The first kappa shape index (κ1) is 19.2. The molecule has 0 radical (unpaired) electrons. The number of anilines is 3. The van der Waals surface area contributed by atoms with Gasteiger partial charge in [0, 0.05) is 17.4 Å². The van der Waals surface area contributed by atoms with Crippen molar-refractivity contribution in [3.05, 3.63) is 36.0 Å². The number of carbonyl (C=O) groups is 1. The summed E-state index contributed by atoms with van der Waals surface area (Å²) in [6.07, 6.45) is -5.12. The summed E-state index contributed by atoms with van der Waals surface area (Å²) in [5.74, 6) is 0.0937. The maximum Gasteiger partial charge on any atom is 0.573 e. The predicted octanol–water partition coefficient (Wildman–Crippen LogP) is 3.04. The van der Waals surface area contributed by atoms with E-state index < -0.39 is 18.1 Å². The maximum atomic E-state index is 12.1. The average molecular weight is 370 g/mol. The Morgan fingerprint density at radius 3 is 2.42 bits per heavy atom. The van der Waals surface area contributed by atoms with Crippen molar-refractivity contribution in [3.63, 3.8) is 0 Å². The van der Waals surface area contributed by atoms with Crippen molar-refractivity contribution in [3.8, 4) is 5.75 Å². The van der Waals surface area contributed by atoms with Gasteiger partial charge in [0.1, 0.15) is 11.6 Å². The first-order valence-corrected chi connectivity index (χ1v) is 7.42. The number of nitrogens with two attached hydrogens (primary N) is 1. The molecule has 1 unspecified atom stereocenters. The molecule has 0 aliphatic heterocycles. The van der Waals surface area contributed by atoms with Gasteiger partial charge in [0.25, 0.3) is 0 Å². The van der Waals surface area contributed by atoms with E-state index in [1.54, 1.807) is 19.9 Å². The number of hydrogen-bond acceptors (Lipinski definition) is 6. The van der Waals surface area contributed by atoms with Crippen LogP contribution in [0.15, 0.2) is 30.3 Å². The molecule has 1 aromatic carbocycles. The number of benzene rings is 1. The molecule has 0 fully saturated rings. The molecule has 0 spiro atoms. The Kier molecular flexibility index (Phi) is 5.82. The van der Waals surface area contributed by atoms with Gasteiger partial charge in [-0.2, -0.15) is 4.98 Å². The lowest BCUT2D eigenvalue weighted by atomic mass is 10.3. The molecule has 26 heavy (non-hydrogen) atoms. The molecule has 0 saturated heterocycles. The smallest absolute Gasteiger partial charge is 0.406 e. The van der Waals surface area contributed by atoms with E-state index >= 15 is 0 Å². The number of hydrogen-bond donors (Lipinski definition) is 4. The fourth-order valence-corrected chi connectivity index (χ4v) is 1.94. The first-order valence-electron chi connectivity index (χ1n) is 7.42. The lowest BCUT2D eigenvalue weighted by Gasteiger charge is -2.12. The van der Waals surface area contributed by atoms with Crippen molar-refractivity contribution in [2.24, 2.45) is 5.73 Å². The van der Waals surface area contributed by atoms with Crippen LogP contribution >= 0.6 is 0 Å². The molecule has 0 aliphatic carbocycles. The summed E-state index contributed by atoms with van der Waals surface area (Å²) in [5, 5.41) is 7.76. The molecule has 8 nitrogen and oxygen atoms in total. The topological polar surface area (TPSA) is 114 Å². The molecule has 1 heterocycles. The Hall–Kier alpha value is -3.08. The summed E-state index contributed by atoms with van der Waals surface area (Å²) in [4.78, 5) is 20.1. The number of rotatable bonds is 5. The van der Waals surface area contributed by atoms with E-state index in [1.807, 2.05) is 0 Å². The van der Waals surface area contributed by atoms with Crippen LogP contribution in [0.1, 0.15) is 12.6 Å². The van der Waals surface area contributed by atoms with Crippen LogP contribution < -0.4 is 26.4 Å². The second-order valence-corrected chi connectivity index (χ2v) is 5.30. The summed E-state index contributed by atoms with van der Waals surface area (Å²) in [6, 6.07) is 5.69. The lowest BCUT2D eigenvalue weighted by molar-refractivity contribution is -0.274. The molecule has 1 atom stereocenters. The highest BCUT2D eigenvalue weighted by Crippen LogP contribution is 2.24. The number of halogens is 3. The van der Waals surface area contributed by atoms with E-state index in [0.29, 0.717) is 11.5 Å². The summed E-state index contributed by atoms with van der Waals surface area (Å²) in [6.45, 7) is 3.44. The molecule has 5 N–H and O–H groups in total. The summed E-state index contributed by atoms with van der Waals surface area (Å²) in [5.41, 5.74) is 6.49. The Morgan fingerprint density at radius 2 is 1.85 bits per heavy atom. The van der Waals surface area contributed by atoms with E-state index in [2.05, 4.69) is 30.7 Å². The minimum absolute atomic E-state index is 0.0441. The fraction of sp³-hybridized carbons (Fsp3) is 0.267. The molecule has 2 rings (SSSR count). The highest BCUT2D eigenvalue weighted by Gasteiger charge is 2.30. The number of nitrogens with one attached hydrogen (secondary N) is 3. The lowest BCUT2D eigenvalue weighted by Crippen LogP contribution is -2.26. The van der Waals surface area contributed by atoms with Gasteiger partial charge in [0.05, 0.1) is 6.17 Å². The summed E-state index contributed by atoms with van der Waals surface area (Å²) < 4.78 is 40.1. The van der Waals surface area contributed by atoms with Crippen LogP contribution in [-0.4, -0.2) is 28.5 Å². The molecule has 11 heteroatoms. The van der Waals surface area contributed by atoms with Crippen molar-refractivity contribution >= 4 is 23.5 Å². The minimum atomic E-state index is -4.78. The number of alkyl halides is 3. The fourth-order valence-electron chi connectivity index (χ4n) is 1.94. The number of urea groups is 1. The van der Waals surface area contributed by atoms with Crippen LogP contribution in [0.3, 0.4) is 0 Å². The van der Waals surface area contributed by atoms with Gasteiger partial charge in [-0.25, -0.2) is 9.78 Å². The quantitative estimate of drug-likeness (QED) is 0.602. The van der Waals surface area contributed by atoms with Crippen molar-refractivity contribution in [1.82, 2.24) is 9.97 Å². The number of ether oxygens (including phenoxy) is 1. The van der Waals surface area contributed by atoms with E-state index in [4.69, 9.17) is 5.73 Å². The number of aromatic nitrogens is 2. The van der Waals surface area contributed by atoms with Gasteiger partial charge in [0.15, 0.2) is 0 Å². The third kappa shape index (κ3) is 6.43. The SMILES string of the molecule is Cc1cc(NC(C)N)nc(NC(=O)Nc2ccc(OC(F)(F)F)cc2)n1. The highest BCUT2D eigenvalue weighted by atomic mass is 19.4. The van der Waals surface area contributed by atoms with Gasteiger partial charge in [-0.05, 0) is 38.1 Å². The summed E-state index contributed by atoms with van der Waals surface area (Å²) in [7, 11) is 0.